The highest BCUT2D eigenvalue weighted by Gasteiger charge is 2.42. The number of hydrogen-bond donors (Lipinski definition) is 2. The van der Waals surface area contributed by atoms with E-state index in [2.05, 4.69) is 5.32 Å². The van der Waals surface area contributed by atoms with E-state index < -0.39 is 17.4 Å². The standard InChI is InChI=1S/C17H19F2NO3/c1-11-3-2-4-13-12(11)9-14(23-13)15(21)20-10-16(22)5-7-17(18,19)8-6-16/h2-4,9,22H,5-8,10H2,1H3,(H,20,21). The van der Waals surface area contributed by atoms with Crippen LogP contribution < -0.4 is 5.32 Å². The summed E-state index contributed by atoms with van der Waals surface area (Å²) in [6, 6.07) is 7.19. The van der Waals surface area contributed by atoms with Crippen molar-refractivity contribution >= 4 is 16.9 Å². The van der Waals surface area contributed by atoms with Crippen molar-refractivity contribution < 1.29 is 23.1 Å². The summed E-state index contributed by atoms with van der Waals surface area (Å²) in [4.78, 5) is 12.2. The van der Waals surface area contributed by atoms with Crippen molar-refractivity contribution in [3.8, 4) is 0 Å². The van der Waals surface area contributed by atoms with E-state index in [1.165, 1.54) is 0 Å². The molecule has 124 valence electrons. The van der Waals surface area contributed by atoms with Crippen molar-refractivity contribution in [3.63, 3.8) is 0 Å². The van der Waals surface area contributed by atoms with Crippen LogP contribution in [0.2, 0.25) is 0 Å². The zero-order valence-electron chi connectivity index (χ0n) is 12.9. The Balaban J connectivity index is 1.66. The number of halogens is 2. The fourth-order valence-electron chi connectivity index (χ4n) is 2.91. The molecule has 1 aliphatic carbocycles. The Hall–Kier alpha value is -1.95. The third-order valence-electron chi connectivity index (χ3n) is 4.49. The number of hydrogen-bond acceptors (Lipinski definition) is 3. The zero-order valence-corrected chi connectivity index (χ0v) is 12.9. The van der Waals surface area contributed by atoms with E-state index in [-0.39, 0.29) is 38.0 Å². The van der Waals surface area contributed by atoms with Gasteiger partial charge in [-0.1, -0.05) is 12.1 Å². The number of carbonyl (C=O) groups excluding carboxylic acids is 1. The summed E-state index contributed by atoms with van der Waals surface area (Å²) in [7, 11) is 0. The summed E-state index contributed by atoms with van der Waals surface area (Å²) < 4.78 is 31.8. The molecular weight excluding hydrogens is 304 g/mol. The van der Waals surface area contributed by atoms with Crippen molar-refractivity contribution in [1.29, 1.82) is 0 Å². The SMILES string of the molecule is Cc1cccc2oc(C(=O)NCC3(O)CCC(F)(F)CC3)cc12. The molecule has 3 rings (SSSR count). The largest absolute Gasteiger partial charge is 0.451 e. The highest BCUT2D eigenvalue weighted by molar-refractivity contribution is 5.96. The molecule has 6 heteroatoms. The molecule has 0 atom stereocenters. The van der Waals surface area contributed by atoms with Crippen LogP contribution in [-0.2, 0) is 0 Å². The van der Waals surface area contributed by atoms with Gasteiger partial charge in [0.15, 0.2) is 5.76 Å². The van der Waals surface area contributed by atoms with Crippen molar-refractivity contribution in [1.82, 2.24) is 5.32 Å². The molecule has 0 bridgehead atoms. The lowest BCUT2D eigenvalue weighted by molar-refractivity contribution is -0.101. The number of rotatable bonds is 3. The van der Waals surface area contributed by atoms with Gasteiger partial charge in [-0.25, -0.2) is 8.78 Å². The third kappa shape index (κ3) is 3.37. The van der Waals surface area contributed by atoms with Crippen LogP contribution in [0.1, 0.15) is 41.8 Å². The van der Waals surface area contributed by atoms with Gasteiger partial charge in [0.2, 0.25) is 5.92 Å². The van der Waals surface area contributed by atoms with Crippen molar-refractivity contribution in [3.05, 3.63) is 35.6 Å². The molecule has 23 heavy (non-hydrogen) atoms. The van der Waals surface area contributed by atoms with Gasteiger partial charge < -0.3 is 14.8 Å². The molecule has 1 saturated carbocycles. The second kappa shape index (κ2) is 5.60. The fourth-order valence-corrected chi connectivity index (χ4v) is 2.91. The first-order valence-electron chi connectivity index (χ1n) is 7.66. The highest BCUT2D eigenvalue weighted by Crippen LogP contribution is 2.38. The number of furan rings is 1. The van der Waals surface area contributed by atoms with Crippen LogP contribution in [0.25, 0.3) is 11.0 Å². The van der Waals surface area contributed by atoms with E-state index in [4.69, 9.17) is 4.42 Å². The molecule has 1 heterocycles. The molecule has 0 spiro atoms. The Labute approximate surface area is 132 Å². The molecule has 1 aliphatic rings. The van der Waals surface area contributed by atoms with E-state index in [0.29, 0.717) is 5.58 Å². The molecule has 2 aromatic rings. The predicted octanol–water partition coefficient (Wildman–Crippen LogP) is 3.41. The number of aryl methyl sites for hydroxylation is 1. The molecule has 4 nitrogen and oxygen atoms in total. The minimum Gasteiger partial charge on any atom is -0.451 e. The van der Waals surface area contributed by atoms with Gasteiger partial charge >= 0.3 is 0 Å². The predicted molar refractivity (Wildman–Crippen MR) is 81.6 cm³/mol. The van der Waals surface area contributed by atoms with E-state index in [0.717, 1.165) is 10.9 Å². The fraction of sp³-hybridized carbons (Fsp3) is 0.471. The number of benzene rings is 1. The normalized spacial score (nSPS) is 19.7. The van der Waals surface area contributed by atoms with E-state index in [1.54, 1.807) is 12.1 Å². The number of amides is 1. The van der Waals surface area contributed by atoms with Crippen LogP contribution in [-0.4, -0.2) is 29.1 Å². The molecule has 0 saturated heterocycles. The van der Waals surface area contributed by atoms with Crippen LogP contribution in [0.5, 0.6) is 0 Å². The average Bonchev–Trinajstić information content (AvgIpc) is 2.94. The van der Waals surface area contributed by atoms with Gasteiger partial charge in [0.25, 0.3) is 5.91 Å². The Kier molecular flexibility index (Phi) is 3.88. The molecule has 1 fully saturated rings. The molecule has 0 aliphatic heterocycles. The Morgan fingerprint density at radius 2 is 2.00 bits per heavy atom. The maximum atomic E-state index is 13.2. The first-order valence-corrected chi connectivity index (χ1v) is 7.66. The lowest BCUT2D eigenvalue weighted by Crippen LogP contribution is -2.47. The van der Waals surface area contributed by atoms with Gasteiger partial charge in [-0.3, -0.25) is 4.79 Å². The molecule has 1 aromatic carbocycles. The van der Waals surface area contributed by atoms with Gasteiger partial charge in [-0.05, 0) is 37.5 Å². The monoisotopic (exact) mass is 323 g/mol. The summed E-state index contributed by atoms with van der Waals surface area (Å²) in [6.45, 7) is 1.86. The number of nitrogens with one attached hydrogen (secondary N) is 1. The Morgan fingerprint density at radius 1 is 1.30 bits per heavy atom. The maximum Gasteiger partial charge on any atom is 0.287 e. The zero-order chi connectivity index (χ0) is 16.7. The lowest BCUT2D eigenvalue weighted by Gasteiger charge is -2.35. The smallest absolute Gasteiger partial charge is 0.287 e. The average molecular weight is 323 g/mol. The lowest BCUT2D eigenvalue weighted by atomic mass is 9.83. The van der Waals surface area contributed by atoms with Crippen LogP contribution in [0.4, 0.5) is 8.78 Å². The van der Waals surface area contributed by atoms with Gasteiger partial charge in [-0.2, -0.15) is 0 Å². The number of alkyl halides is 2. The molecule has 1 aromatic heterocycles. The van der Waals surface area contributed by atoms with E-state index >= 15 is 0 Å². The summed E-state index contributed by atoms with van der Waals surface area (Å²) >= 11 is 0. The quantitative estimate of drug-likeness (QED) is 0.910. The van der Waals surface area contributed by atoms with Gasteiger partial charge in [0, 0.05) is 24.8 Å². The van der Waals surface area contributed by atoms with Crippen LogP contribution in [0, 0.1) is 6.92 Å². The molecule has 2 N–H and O–H groups in total. The van der Waals surface area contributed by atoms with Crippen molar-refractivity contribution in [2.45, 2.75) is 44.1 Å². The summed E-state index contributed by atoms with van der Waals surface area (Å²) in [5, 5.41) is 13.7. The molecule has 0 unspecified atom stereocenters. The second-order valence-electron chi connectivity index (χ2n) is 6.36. The first-order chi connectivity index (χ1) is 10.8. The summed E-state index contributed by atoms with van der Waals surface area (Å²) in [6.07, 6.45) is -0.772. The maximum absolute atomic E-state index is 13.2. The van der Waals surface area contributed by atoms with Crippen LogP contribution in [0.15, 0.2) is 28.7 Å². The molecule has 1 amide bonds. The van der Waals surface area contributed by atoms with Gasteiger partial charge in [-0.15, -0.1) is 0 Å². The second-order valence-corrected chi connectivity index (χ2v) is 6.36. The first kappa shape index (κ1) is 15.9. The Bertz CT molecular complexity index is 729. The van der Waals surface area contributed by atoms with Gasteiger partial charge in [0.1, 0.15) is 5.58 Å². The third-order valence-corrected chi connectivity index (χ3v) is 4.49. The number of carbonyl (C=O) groups is 1. The summed E-state index contributed by atoms with van der Waals surface area (Å²) in [5.74, 6) is -3.02. The Morgan fingerprint density at radius 3 is 2.65 bits per heavy atom. The van der Waals surface area contributed by atoms with Crippen molar-refractivity contribution in [2.24, 2.45) is 0 Å². The van der Waals surface area contributed by atoms with Crippen molar-refractivity contribution in [2.75, 3.05) is 6.54 Å². The summed E-state index contributed by atoms with van der Waals surface area (Å²) in [5.41, 5.74) is 0.337. The molecular formula is C17H19F2NO3. The van der Waals surface area contributed by atoms with Crippen LogP contribution in [0.3, 0.4) is 0 Å². The van der Waals surface area contributed by atoms with E-state index in [9.17, 15) is 18.7 Å². The molecule has 0 radical (unpaired) electrons. The highest BCUT2D eigenvalue weighted by atomic mass is 19.3. The minimum absolute atomic E-state index is 0.0283. The number of aliphatic hydroxyl groups is 1. The van der Waals surface area contributed by atoms with E-state index in [1.807, 2.05) is 19.1 Å². The van der Waals surface area contributed by atoms with Crippen LogP contribution >= 0.6 is 0 Å². The van der Waals surface area contributed by atoms with Gasteiger partial charge in [0.05, 0.1) is 5.60 Å². The topological polar surface area (TPSA) is 62.5 Å². The minimum atomic E-state index is -2.72. The number of fused-ring (bicyclic) bond motifs is 1.